The summed E-state index contributed by atoms with van der Waals surface area (Å²) in [6.07, 6.45) is 1.72. The number of H-pyrrole nitrogens is 1. The van der Waals surface area contributed by atoms with E-state index in [1.54, 1.807) is 24.4 Å². The second kappa shape index (κ2) is 10.7. The molecule has 0 saturated heterocycles. The summed E-state index contributed by atoms with van der Waals surface area (Å²) in [6, 6.07) is 7.58. The van der Waals surface area contributed by atoms with Gasteiger partial charge in [0.1, 0.15) is 16.8 Å². The summed E-state index contributed by atoms with van der Waals surface area (Å²) in [4.78, 5) is 49.9. The van der Waals surface area contributed by atoms with Crippen LogP contribution in [0.5, 0.6) is 5.75 Å². The number of hydrogen-bond donors (Lipinski definition) is 2. The average Bonchev–Trinajstić information content (AvgIpc) is 3.23. The van der Waals surface area contributed by atoms with Gasteiger partial charge in [0.25, 0.3) is 11.6 Å². The number of ether oxygens (including phenoxy) is 3. The SMILES string of the molecule is COC(=O)COc1ccc2[nH]cc(C[C@H](NC(=O)c3ccc(Cl)c([N+](=O)[O-])c3)C(=O)OC)c2c1. The van der Waals surface area contributed by atoms with Gasteiger partial charge in [-0.2, -0.15) is 0 Å². The molecule has 0 fully saturated rings. The van der Waals surface area contributed by atoms with Crippen LogP contribution in [0.15, 0.2) is 42.6 Å². The van der Waals surface area contributed by atoms with Crippen molar-refractivity contribution in [2.24, 2.45) is 0 Å². The number of rotatable bonds is 9. The van der Waals surface area contributed by atoms with Crippen LogP contribution < -0.4 is 10.1 Å². The molecule has 11 nitrogen and oxygen atoms in total. The molecule has 0 saturated carbocycles. The summed E-state index contributed by atoms with van der Waals surface area (Å²) in [6.45, 7) is -0.268. The fourth-order valence-corrected chi connectivity index (χ4v) is 3.39. The molecule has 1 heterocycles. The molecule has 178 valence electrons. The standard InChI is InChI=1S/C22H20ClN3O8/c1-32-20(27)11-34-14-4-6-17-15(9-14)13(10-24-17)7-18(22(29)33-2)25-21(28)12-3-5-16(23)19(8-12)26(30)31/h3-6,8-10,18,24H,7,11H2,1-2H3,(H,25,28)/t18-/m0/s1. The number of halogens is 1. The van der Waals surface area contributed by atoms with E-state index in [1.807, 2.05) is 0 Å². The molecule has 0 aliphatic heterocycles. The van der Waals surface area contributed by atoms with Crippen LogP contribution in [-0.2, 0) is 25.5 Å². The number of nitrogens with zero attached hydrogens (tertiary/aromatic N) is 1. The van der Waals surface area contributed by atoms with Crippen molar-refractivity contribution in [1.29, 1.82) is 0 Å². The lowest BCUT2D eigenvalue weighted by Gasteiger charge is -2.16. The predicted octanol–water partition coefficient (Wildman–Crippen LogP) is 2.80. The number of esters is 2. The highest BCUT2D eigenvalue weighted by atomic mass is 35.5. The lowest BCUT2D eigenvalue weighted by molar-refractivity contribution is -0.384. The first kappa shape index (κ1) is 24.5. The summed E-state index contributed by atoms with van der Waals surface area (Å²) in [7, 11) is 2.44. The van der Waals surface area contributed by atoms with E-state index in [4.69, 9.17) is 21.1 Å². The number of aromatic amines is 1. The Morgan fingerprint density at radius 2 is 1.91 bits per heavy atom. The Balaban J connectivity index is 1.83. The molecular formula is C22H20ClN3O8. The minimum atomic E-state index is -1.09. The third kappa shape index (κ3) is 5.62. The van der Waals surface area contributed by atoms with Gasteiger partial charge < -0.3 is 24.5 Å². The van der Waals surface area contributed by atoms with Gasteiger partial charge in [0.15, 0.2) is 6.61 Å². The third-order valence-corrected chi connectivity index (χ3v) is 5.26. The lowest BCUT2D eigenvalue weighted by atomic mass is 10.0. The van der Waals surface area contributed by atoms with Crippen LogP contribution in [0, 0.1) is 10.1 Å². The molecule has 0 aliphatic rings. The molecule has 1 amide bonds. The number of carbonyl (C=O) groups excluding carboxylic acids is 3. The molecule has 1 aromatic heterocycles. The number of benzene rings is 2. The van der Waals surface area contributed by atoms with Crippen LogP contribution in [0.25, 0.3) is 10.9 Å². The molecule has 1 atom stereocenters. The maximum atomic E-state index is 12.7. The summed E-state index contributed by atoms with van der Waals surface area (Å²) >= 11 is 5.80. The van der Waals surface area contributed by atoms with Crippen molar-refractivity contribution >= 4 is 46.0 Å². The summed E-state index contributed by atoms with van der Waals surface area (Å²) in [5, 5.41) is 14.2. The fraction of sp³-hybridized carbons (Fsp3) is 0.227. The van der Waals surface area contributed by atoms with E-state index in [9.17, 15) is 24.5 Å². The Hall–Kier alpha value is -4.12. The van der Waals surface area contributed by atoms with Crippen molar-refractivity contribution in [3.8, 4) is 5.75 Å². The zero-order valence-corrected chi connectivity index (χ0v) is 18.9. The Labute approximate surface area is 198 Å². The molecule has 12 heteroatoms. The first-order chi connectivity index (χ1) is 16.2. The lowest BCUT2D eigenvalue weighted by Crippen LogP contribution is -2.43. The molecular weight excluding hydrogens is 470 g/mol. The van der Waals surface area contributed by atoms with E-state index in [2.05, 4.69) is 15.0 Å². The van der Waals surface area contributed by atoms with Gasteiger partial charge >= 0.3 is 11.9 Å². The van der Waals surface area contributed by atoms with Crippen LogP contribution in [0.4, 0.5) is 5.69 Å². The largest absolute Gasteiger partial charge is 0.482 e. The van der Waals surface area contributed by atoms with Crippen LogP contribution in [0.1, 0.15) is 15.9 Å². The molecule has 2 aromatic carbocycles. The molecule has 0 unspecified atom stereocenters. The van der Waals surface area contributed by atoms with Crippen molar-refractivity contribution in [2.45, 2.75) is 12.5 Å². The van der Waals surface area contributed by atoms with Crippen molar-refractivity contribution in [3.05, 3.63) is 68.9 Å². The molecule has 0 radical (unpaired) electrons. The second-order valence-electron chi connectivity index (χ2n) is 7.06. The van der Waals surface area contributed by atoms with E-state index in [0.29, 0.717) is 16.7 Å². The van der Waals surface area contributed by atoms with Gasteiger partial charge in [0.05, 0.1) is 19.1 Å². The number of nitro benzene ring substituents is 1. The van der Waals surface area contributed by atoms with Crippen molar-refractivity contribution < 1.29 is 33.5 Å². The van der Waals surface area contributed by atoms with E-state index >= 15 is 0 Å². The number of fused-ring (bicyclic) bond motifs is 1. The molecule has 0 spiro atoms. The van der Waals surface area contributed by atoms with Gasteiger partial charge in [-0.05, 0) is 35.9 Å². The maximum absolute atomic E-state index is 12.7. The van der Waals surface area contributed by atoms with E-state index < -0.39 is 34.5 Å². The predicted molar refractivity (Wildman–Crippen MR) is 121 cm³/mol. The first-order valence-electron chi connectivity index (χ1n) is 9.85. The zero-order chi connectivity index (χ0) is 24.8. The van der Waals surface area contributed by atoms with Gasteiger partial charge in [-0.3, -0.25) is 14.9 Å². The Kier molecular flexibility index (Phi) is 7.69. The van der Waals surface area contributed by atoms with E-state index in [0.717, 1.165) is 11.6 Å². The highest BCUT2D eigenvalue weighted by molar-refractivity contribution is 6.32. The Bertz CT molecular complexity index is 1260. The number of aromatic nitrogens is 1. The number of hydrogen-bond acceptors (Lipinski definition) is 8. The number of nitrogens with one attached hydrogen (secondary N) is 2. The topological polar surface area (TPSA) is 150 Å². The van der Waals surface area contributed by atoms with Gasteiger partial charge in [-0.25, -0.2) is 9.59 Å². The molecule has 3 aromatic rings. The molecule has 0 aliphatic carbocycles. The fourth-order valence-electron chi connectivity index (χ4n) is 3.21. The first-order valence-corrected chi connectivity index (χ1v) is 10.2. The monoisotopic (exact) mass is 489 g/mol. The van der Waals surface area contributed by atoms with Crippen molar-refractivity contribution in [3.63, 3.8) is 0 Å². The van der Waals surface area contributed by atoms with Crippen molar-refractivity contribution in [1.82, 2.24) is 10.3 Å². The van der Waals surface area contributed by atoms with Crippen LogP contribution >= 0.6 is 11.6 Å². The number of carbonyl (C=O) groups is 3. The molecule has 0 bridgehead atoms. The van der Waals surface area contributed by atoms with Gasteiger partial charge in [-0.15, -0.1) is 0 Å². The van der Waals surface area contributed by atoms with Crippen molar-refractivity contribution in [2.75, 3.05) is 20.8 Å². The number of methoxy groups -OCH3 is 2. The Morgan fingerprint density at radius 3 is 2.59 bits per heavy atom. The Morgan fingerprint density at radius 1 is 1.15 bits per heavy atom. The minimum absolute atomic E-state index is 0.0394. The highest BCUT2D eigenvalue weighted by Crippen LogP contribution is 2.26. The third-order valence-electron chi connectivity index (χ3n) is 4.94. The maximum Gasteiger partial charge on any atom is 0.343 e. The van der Waals surface area contributed by atoms with Crippen LogP contribution in [-0.4, -0.2) is 54.6 Å². The minimum Gasteiger partial charge on any atom is -0.482 e. The summed E-state index contributed by atoms with van der Waals surface area (Å²) < 4.78 is 14.8. The number of nitro groups is 1. The average molecular weight is 490 g/mol. The van der Waals surface area contributed by atoms with Gasteiger partial charge in [0.2, 0.25) is 0 Å². The van der Waals surface area contributed by atoms with Gasteiger partial charge in [-0.1, -0.05) is 11.6 Å². The van der Waals surface area contributed by atoms with Crippen LogP contribution in [0.3, 0.4) is 0 Å². The molecule has 2 N–H and O–H groups in total. The summed E-state index contributed by atoms with van der Waals surface area (Å²) in [5.41, 5.74) is 0.933. The van der Waals surface area contributed by atoms with E-state index in [1.165, 1.54) is 26.4 Å². The zero-order valence-electron chi connectivity index (χ0n) is 18.1. The smallest absolute Gasteiger partial charge is 0.343 e. The molecule has 3 rings (SSSR count). The van der Waals surface area contributed by atoms with E-state index in [-0.39, 0.29) is 23.6 Å². The number of amides is 1. The van der Waals surface area contributed by atoms with Gasteiger partial charge in [0, 0.05) is 35.2 Å². The van der Waals surface area contributed by atoms with Crippen LogP contribution in [0.2, 0.25) is 5.02 Å². The molecule has 34 heavy (non-hydrogen) atoms. The highest BCUT2D eigenvalue weighted by Gasteiger charge is 2.25. The quantitative estimate of drug-likeness (QED) is 0.264. The second-order valence-corrected chi connectivity index (χ2v) is 7.47. The summed E-state index contributed by atoms with van der Waals surface area (Å²) in [5.74, 6) is -1.54. The normalized spacial score (nSPS) is 11.5.